The first-order chi connectivity index (χ1) is 26.7. The van der Waals surface area contributed by atoms with Crippen molar-refractivity contribution >= 4 is 34.6 Å². The van der Waals surface area contributed by atoms with E-state index in [1.165, 1.54) is 11.1 Å². The lowest BCUT2D eigenvalue weighted by molar-refractivity contribution is -0.0384. The number of phenolic OH excluding ortho intramolecular Hbond substituents is 2. The molecule has 6 aromatic rings. The largest absolute Gasteiger partial charge is 0.508 e. The lowest BCUT2D eigenvalue weighted by atomic mass is 9.91. The summed E-state index contributed by atoms with van der Waals surface area (Å²) in [5.41, 5.74) is 3.08. The minimum absolute atomic E-state index is 0.135. The van der Waals surface area contributed by atoms with E-state index in [4.69, 9.17) is 14.7 Å². The standard InChI is InChI=1S/C36H39N13O6/c1-2-49-45-32(44-46-49)30-28(52)29(53)34(55-30)48-19-39-27-31(38-17-26(20-5-9-24(50)10-6-20)21-7-11-25(51)12-8-21)42-35(43-33(27)48)47-15-13-23(18-47)41-36(54)40-22-4-3-14-37-16-22/h3-12,14,16,19,23,26,28-30,34,50-53H,2,13,15,17-18H2,1H3,(H,38,42,43)(H2,40,41,54)/t23-,28+,29-,30+,34-/m1/s1. The highest BCUT2D eigenvalue weighted by atomic mass is 16.6. The molecule has 2 aliphatic rings. The topological polar surface area (TPSA) is 247 Å². The van der Waals surface area contributed by atoms with E-state index in [0.717, 1.165) is 11.1 Å². The Labute approximate surface area is 313 Å². The second-order valence-electron chi connectivity index (χ2n) is 13.3. The van der Waals surface area contributed by atoms with Crippen molar-refractivity contribution in [2.45, 2.75) is 56.4 Å². The summed E-state index contributed by atoms with van der Waals surface area (Å²) in [6.45, 7) is 3.58. The molecule has 2 saturated heterocycles. The molecular formula is C36H39N13O6. The number of aromatic hydroxyl groups is 2. The maximum Gasteiger partial charge on any atom is 0.319 e. The van der Waals surface area contributed by atoms with E-state index in [1.807, 2.05) is 36.1 Å². The van der Waals surface area contributed by atoms with E-state index in [-0.39, 0.29) is 35.3 Å². The molecule has 2 aromatic carbocycles. The Balaban J connectivity index is 1.11. The van der Waals surface area contributed by atoms with Gasteiger partial charge in [0.1, 0.15) is 23.7 Å². The number of nitrogens with one attached hydrogen (secondary N) is 3. The van der Waals surface area contributed by atoms with Crippen molar-refractivity contribution in [3.63, 3.8) is 0 Å². The van der Waals surface area contributed by atoms with Gasteiger partial charge in [0.15, 0.2) is 29.3 Å². The Kier molecular flexibility index (Phi) is 9.79. The fourth-order valence-electron chi connectivity index (χ4n) is 6.85. The second kappa shape index (κ2) is 15.1. The molecule has 0 spiro atoms. The average Bonchev–Trinajstić information content (AvgIpc) is 4.01. The Bertz CT molecular complexity index is 2210. The van der Waals surface area contributed by atoms with Gasteiger partial charge >= 0.3 is 6.03 Å². The highest BCUT2D eigenvalue weighted by Crippen LogP contribution is 2.39. The first kappa shape index (κ1) is 35.6. The van der Waals surface area contributed by atoms with E-state index in [1.54, 1.807) is 53.4 Å². The number of phenols is 2. The normalized spacial score (nSPS) is 21.0. The summed E-state index contributed by atoms with van der Waals surface area (Å²) in [6.07, 6.45) is 0.359. The van der Waals surface area contributed by atoms with Gasteiger partial charge in [-0.3, -0.25) is 9.55 Å². The summed E-state index contributed by atoms with van der Waals surface area (Å²) in [5.74, 6) is 0.902. The van der Waals surface area contributed by atoms with Crippen LogP contribution in [0.5, 0.6) is 11.5 Å². The van der Waals surface area contributed by atoms with E-state index in [2.05, 4.69) is 41.3 Å². The van der Waals surface area contributed by atoms with Gasteiger partial charge in [-0.05, 0) is 66.1 Å². The van der Waals surface area contributed by atoms with Crippen LogP contribution in [-0.2, 0) is 11.3 Å². The molecule has 55 heavy (non-hydrogen) atoms. The fourth-order valence-corrected chi connectivity index (χ4v) is 6.85. The van der Waals surface area contributed by atoms with Crippen LogP contribution in [0.25, 0.3) is 11.2 Å². The minimum atomic E-state index is -1.39. The summed E-state index contributed by atoms with van der Waals surface area (Å²) in [6, 6.07) is 16.7. The van der Waals surface area contributed by atoms with Crippen molar-refractivity contribution in [3.05, 3.63) is 96.3 Å². The molecule has 2 amide bonds. The number of aliphatic hydroxyl groups excluding tert-OH is 2. The summed E-state index contributed by atoms with van der Waals surface area (Å²) in [7, 11) is 0. The average molecular weight is 750 g/mol. The van der Waals surface area contributed by atoms with E-state index < -0.39 is 24.5 Å². The van der Waals surface area contributed by atoms with Crippen molar-refractivity contribution in [1.82, 2.24) is 50.0 Å². The Morgan fingerprint density at radius 1 is 1.00 bits per heavy atom. The summed E-state index contributed by atoms with van der Waals surface area (Å²) < 4.78 is 7.73. The maximum atomic E-state index is 12.8. The van der Waals surface area contributed by atoms with Gasteiger partial charge in [-0.25, -0.2) is 9.78 Å². The Morgan fingerprint density at radius 2 is 1.75 bits per heavy atom. The number of fused-ring (bicyclic) bond motifs is 1. The van der Waals surface area contributed by atoms with Crippen LogP contribution in [0.15, 0.2) is 79.4 Å². The molecule has 0 unspecified atom stereocenters. The quantitative estimate of drug-likeness (QED) is 0.100. The number of ether oxygens (including phenoxy) is 1. The number of rotatable bonds is 11. The molecule has 4 aromatic heterocycles. The highest BCUT2D eigenvalue weighted by Gasteiger charge is 2.47. The van der Waals surface area contributed by atoms with Crippen LogP contribution in [-0.4, -0.2) is 109 Å². The van der Waals surface area contributed by atoms with Crippen molar-refractivity contribution in [1.29, 1.82) is 0 Å². The third kappa shape index (κ3) is 7.39. The molecule has 2 fully saturated rings. The lowest BCUT2D eigenvalue weighted by Crippen LogP contribution is -2.40. The monoisotopic (exact) mass is 749 g/mol. The number of tetrazole rings is 1. The predicted molar refractivity (Wildman–Crippen MR) is 197 cm³/mol. The Morgan fingerprint density at radius 3 is 2.42 bits per heavy atom. The number of aromatic nitrogens is 9. The van der Waals surface area contributed by atoms with Gasteiger partial charge in [-0.15, -0.1) is 10.2 Å². The smallest absolute Gasteiger partial charge is 0.319 e. The number of aryl methyl sites for hydroxylation is 1. The van der Waals surface area contributed by atoms with Crippen LogP contribution >= 0.6 is 0 Å². The number of benzene rings is 2. The SMILES string of the molecule is CCn1nnc([C@H]2O[C@@H](n3cnc4c(NCC(c5ccc(O)cc5)c5ccc(O)cc5)nc(N5CC[C@@H](NC(=O)Nc6cccnc6)C5)nc43)[C@H](O)[C@@H]2O)n1. The van der Waals surface area contributed by atoms with Crippen LogP contribution in [0, 0.1) is 0 Å². The van der Waals surface area contributed by atoms with Gasteiger partial charge in [0.25, 0.3) is 0 Å². The van der Waals surface area contributed by atoms with Crippen molar-refractivity contribution < 1.29 is 30.0 Å². The lowest BCUT2D eigenvalue weighted by Gasteiger charge is -2.22. The molecule has 0 aliphatic carbocycles. The Hall–Kier alpha value is -6.44. The summed E-state index contributed by atoms with van der Waals surface area (Å²) >= 11 is 0. The number of anilines is 3. The number of nitrogens with zero attached hydrogens (tertiary/aromatic N) is 10. The number of amides is 2. The molecule has 19 heteroatoms. The molecule has 7 N–H and O–H groups in total. The van der Waals surface area contributed by atoms with Gasteiger partial charge in [-0.1, -0.05) is 24.3 Å². The fraction of sp³-hybridized carbons (Fsp3) is 0.333. The molecular weight excluding hydrogens is 710 g/mol. The number of aliphatic hydroxyl groups is 2. The van der Waals surface area contributed by atoms with Crippen molar-refractivity contribution in [2.24, 2.45) is 0 Å². The first-order valence-corrected chi connectivity index (χ1v) is 17.8. The zero-order valence-corrected chi connectivity index (χ0v) is 29.6. The number of carbonyl (C=O) groups excluding carboxylic acids is 1. The number of hydrogen-bond donors (Lipinski definition) is 7. The number of hydrogen-bond acceptors (Lipinski definition) is 15. The third-order valence-electron chi connectivity index (χ3n) is 9.72. The number of imidazole rings is 1. The summed E-state index contributed by atoms with van der Waals surface area (Å²) in [5, 5.41) is 63.8. The maximum absolute atomic E-state index is 12.8. The van der Waals surface area contributed by atoms with Crippen LogP contribution in [0.2, 0.25) is 0 Å². The third-order valence-corrected chi connectivity index (χ3v) is 9.72. The molecule has 5 atom stereocenters. The zero-order chi connectivity index (χ0) is 38.1. The van der Waals surface area contributed by atoms with Gasteiger partial charge in [0, 0.05) is 37.8 Å². The van der Waals surface area contributed by atoms with Crippen LogP contribution < -0.4 is 20.9 Å². The number of urea groups is 1. The van der Waals surface area contributed by atoms with Gasteiger partial charge in [0.2, 0.25) is 11.8 Å². The highest BCUT2D eigenvalue weighted by molar-refractivity contribution is 5.89. The molecule has 0 saturated carbocycles. The van der Waals surface area contributed by atoms with Crippen molar-refractivity contribution in [2.75, 3.05) is 35.2 Å². The van der Waals surface area contributed by atoms with Gasteiger partial charge in [-0.2, -0.15) is 14.8 Å². The van der Waals surface area contributed by atoms with Gasteiger partial charge in [0.05, 0.1) is 24.8 Å². The summed E-state index contributed by atoms with van der Waals surface area (Å²) in [4.78, 5) is 34.6. The second-order valence-corrected chi connectivity index (χ2v) is 13.3. The van der Waals surface area contributed by atoms with Crippen LogP contribution in [0.4, 0.5) is 22.2 Å². The molecule has 19 nitrogen and oxygen atoms in total. The molecule has 0 radical (unpaired) electrons. The van der Waals surface area contributed by atoms with E-state index in [0.29, 0.717) is 61.2 Å². The van der Waals surface area contributed by atoms with E-state index in [9.17, 15) is 25.2 Å². The predicted octanol–water partition coefficient (Wildman–Crippen LogP) is 2.28. The van der Waals surface area contributed by atoms with Crippen LogP contribution in [0.3, 0.4) is 0 Å². The minimum Gasteiger partial charge on any atom is -0.508 e. The molecule has 6 heterocycles. The zero-order valence-electron chi connectivity index (χ0n) is 29.6. The first-order valence-electron chi connectivity index (χ1n) is 17.8. The molecule has 2 aliphatic heterocycles. The molecule has 284 valence electrons. The van der Waals surface area contributed by atoms with Gasteiger partial charge < -0.3 is 46.0 Å². The van der Waals surface area contributed by atoms with E-state index >= 15 is 0 Å². The molecule has 0 bridgehead atoms. The molecule has 8 rings (SSSR count). The van der Waals surface area contributed by atoms with Crippen molar-refractivity contribution in [3.8, 4) is 11.5 Å². The van der Waals surface area contributed by atoms with Crippen LogP contribution in [0.1, 0.15) is 48.5 Å². The number of pyridine rings is 1. The number of carbonyl (C=O) groups is 1.